The van der Waals surface area contributed by atoms with E-state index in [1.165, 1.54) is 18.3 Å². The van der Waals surface area contributed by atoms with Crippen molar-refractivity contribution in [2.24, 2.45) is 5.41 Å². The molecule has 2 aromatic carbocycles. The van der Waals surface area contributed by atoms with E-state index in [0.717, 1.165) is 0 Å². The maximum absolute atomic E-state index is 14.5. The van der Waals surface area contributed by atoms with Crippen LogP contribution in [-0.2, 0) is 6.42 Å². The fourth-order valence-electron chi connectivity index (χ4n) is 3.75. The van der Waals surface area contributed by atoms with Crippen LogP contribution in [0.15, 0.2) is 71.8 Å². The highest BCUT2D eigenvalue weighted by Gasteiger charge is 2.22. The van der Waals surface area contributed by atoms with Crippen molar-refractivity contribution in [3.63, 3.8) is 0 Å². The van der Waals surface area contributed by atoms with Crippen molar-refractivity contribution in [3.8, 4) is 0 Å². The smallest absolute Gasteiger partial charge is 0.272 e. The molecule has 0 bridgehead atoms. The van der Waals surface area contributed by atoms with Gasteiger partial charge in [0.05, 0.1) is 22.2 Å². The molecule has 2 aromatic heterocycles. The van der Waals surface area contributed by atoms with Gasteiger partial charge >= 0.3 is 0 Å². The highest BCUT2D eigenvalue weighted by molar-refractivity contribution is 5.95. The number of nitrogens with zero attached hydrogens (tertiary/aromatic N) is 2. The van der Waals surface area contributed by atoms with Gasteiger partial charge in [0.15, 0.2) is 0 Å². The Labute approximate surface area is 207 Å². The molecule has 0 atom stereocenters. The van der Waals surface area contributed by atoms with E-state index >= 15 is 0 Å². The number of amides is 2. The summed E-state index contributed by atoms with van der Waals surface area (Å²) in [7, 11) is 0. The molecule has 0 aliphatic heterocycles. The van der Waals surface area contributed by atoms with E-state index in [1.807, 2.05) is 19.9 Å². The molecule has 0 saturated carbocycles. The number of hydrogen-bond donors (Lipinski definition) is 3. The van der Waals surface area contributed by atoms with Crippen molar-refractivity contribution in [2.75, 3.05) is 13.1 Å². The van der Waals surface area contributed by atoms with E-state index in [2.05, 4.69) is 25.8 Å². The largest absolute Gasteiger partial charge is 0.351 e. The highest BCUT2D eigenvalue weighted by atomic mass is 19.1. The Kier molecular flexibility index (Phi) is 7.19. The van der Waals surface area contributed by atoms with E-state index in [9.17, 15) is 18.8 Å². The van der Waals surface area contributed by atoms with Crippen LogP contribution < -0.4 is 16.2 Å². The molecule has 36 heavy (non-hydrogen) atoms. The van der Waals surface area contributed by atoms with Crippen LogP contribution in [0, 0.1) is 11.2 Å². The van der Waals surface area contributed by atoms with E-state index in [4.69, 9.17) is 0 Å². The van der Waals surface area contributed by atoms with Crippen LogP contribution in [0.3, 0.4) is 0 Å². The van der Waals surface area contributed by atoms with Gasteiger partial charge in [0, 0.05) is 37.3 Å². The standard InChI is InChI=1S/C27H26FN5O3/c1-27(2,15-30-24(34)18-6-5-11-29-14-18)16-31-25(35)21-12-17(9-10-22(21)28)13-23-19-7-3-4-8-20(19)26(36)33-32-23/h3-12,14H,13,15-16H2,1-2H3,(H,30,34)(H,31,35)(H,33,36). The molecule has 184 valence electrons. The van der Waals surface area contributed by atoms with Crippen molar-refractivity contribution in [2.45, 2.75) is 20.3 Å². The van der Waals surface area contributed by atoms with Crippen LogP contribution in [0.1, 0.15) is 45.8 Å². The van der Waals surface area contributed by atoms with E-state index in [-0.39, 0.29) is 23.6 Å². The van der Waals surface area contributed by atoms with Crippen molar-refractivity contribution in [1.82, 2.24) is 25.8 Å². The summed E-state index contributed by atoms with van der Waals surface area (Å²) in [5.74, 6) is -1.46. The number of carbonyl (C=O) groups excluding carboxylic acids is 2. The zero-order valence-electron chi connectivity index (χ0n) is 20.0. The quantitative estimate of drug-likeness (QED) is 0.353. The molecule has 0 aliphatic rings. The van der Waals surface area contributed by atoms with E-state index in [1.54, 1.807) is 42.6 Å². The van der Waals surface area contributed by atoms with Gasteiger partial charge in [0.1, 0.15) is 5.82 Å². The third-order valence-electron chi connectivity index (χ3n) is 5.80. The summed E-state index contributed by atoms with van der Waals surface area (Å²) in [5, 5.41) is 13.5. The Morgan fingerprint density at radius 3 is 2.42 bits per heavy atom. The first-order valence-electron chi connectivity index (χ1n) is 11.4. The van der Waals surface area contributed by atoms with Gasteiger partial charge in [-0.2, -0.15) is 5.10 Å². The molecule has 0 radical (unpaired) electrons. The second-order valence-corrected chi connectivity index (χ2v) is 9.31. The SMILES string of the molecule is CC(C)(CNC(=O)c1cccnc1)CNC(=O)c1cc(Cc2n[nH]c(=O)c3ccccc23)ccc1F. The lowest BCUT2D eigenvalue weighted by Crippen LogP contribution is -2.42. The lowest BCUT2D eigenvalue weighted by atomic mass is 9.93. The third kappa shape index (κ3) is 5.80. The summed E-state index contributed by atoms with van der Waals surface area (Å²) in [5.41, 5.74) is 0.883. The maximum atomic E-state index is 14.5. The van der Waals surface area contributed by atoms with Crippen LogP contribution in [-0.4, -0.2) is 40.1 Å². The number of H-pyrrole nitrogens is 1. The van der Waals surface area contributed by atoms with Gasteiger partial charge in [0.25, 0.3) is 17.4 Å². The number of hydrogen-bond acceptors (Lipinski definition) is 5. The van der Waals surface area contributed by atoms with Crippen LogP contribution in [0.25, 0.3) is 10.8 Å². The summed E-state index contributed by atoms with van der Waals surface area (Å²) < 4.78 is 14.5. The average Bonchev–Trinajstić information content (AvgIpc) is 2.89. The number of nitrogens with one attached hydrogen (secondary N) is 3. The van der Waals surface area contributed by atoms with Gasteiger partial charge in [-0.05, 0) is 41.3 Å². The Hall–Kier alpha value is -4.40. The minimum Gasteiger partial charge on any atom is -0.351 e. The molecule has 0 spiro atoms. The van der Waals surface area contributed by atoms with E-state index in [0.29, 0.717) is 40.6 Å². The fraction of sp³-hybridized carbons (Fsp3) is 0.222. The maximum Gasteiger partial charge on any atom is 0.272 e. The van der Waals surface area contributed by atoms with E-state index < -0.39 is 17.1 Å². The molecular weight excluding hydrogens is 461 g/mol. The van der Waals surface area contributed by atoms with Gasteiger partial charge in [-0.15, -0.1) is 0 Å². The number of aromatic amines is 1. The number of pyridine rings is 1. The van der Waals surface area contributed by atoms with Gasteiger partial charge < -0.3 is 10.6 Å². The summed E-state index contributed by atoms with van der Waals surface area (Å²) in [6.45, 7) is 4.29. The molecule has 2 heterocycles. The molecule has 2 amide bonds. The van der Waals surface area contributed by atoms with Crippen LogP contribution >= 0.6 is 0 Å². The Morgan fingerprint density at radius 2 is 1.69 bits per heavy atom. The lowest BCUT2D eigenvalue weighted by Gasteiger charge is -2.25. The summed E-state index contributed by atoms with van der Waals surface area (Å²) in [6.07, 6.45) is 3.37. The minimum atomic E-state index is -0.641. The first-order valence-corrected chi connectivity index (χ1v) is 11.4. The average molecular weight is 488 g/mol. The van der Waals surface area contributed by atoms with Crippen molar-refractivity contribution >= 4 is 22.6 Å². The number of fused-ring (bicyclic) bond motifs is 1. The van der Waals surface area contributed by atoms with Gasteiger partial charge in [0.2, 0.25) is 0 Å². The fourth-order valence-corrected chi connectivity index (χ4v) is 3.75. The Morgan fingerprint density at radius 1 is 0.972 bits per heavy atom. The molecule has 8 nitrogen and oxygen atoms in total. The number of aromatic nitrogens is 3. The minimum absolute atomic E-state index is 0.0866. The topological polar surface area (TPSA) is 117 Å². The van der Waals surface area contributed by atoms with Gasteiger partial charge in [-0.25, -0.2) is 9.49 Å². The first kappa shape index (κ1) is 24.7. The number of halogens is 1. The third-order valence-corrected chi connectivity index (χ3v) is 5.80. The van der Waals surface area contributed by atoms with Crippen LogP contribution in [0.4, 0.5) is 4.39 Å². The van der Waals surface area contributed by atoms with Crippen LogP contribution in [0.5, 0.6) is 0 Å². The summed E-state index contributed by atoms with van der Waals surface area (Å²) in [4.78, 5) is 41.1. The number of rotatable bonds is 8. The van der Waals surface area contributed by atoms with Gasteiger partial charge in [-0.3, -0.25) is 19.4 Å². The molecule has 0 aliphatic carbocycles. The number of benzene rings is 2. The number of carbonyl (C=O) groups is 2. The molecule has 9 heteroatoms. The molecule has 4 aromatic rings. The van der Waals surface area contributed by atoms with Crippen LogP contribution in [0.2, 0.25) is 0 Å². The van der Waals surface area contributed by atoms with Crippen molar-refractivity contribution < 1.29 is 14.0 Å². The molecular formula is C27H26FN5O3. The summed E-state index contributed by atoms with van der Waals surface area (Å²) >= 11 is 0. The predicted molar refractivity (Wildman–Crippen MR) is 134 cm³/mol. The molecule has 4 rings (SSSR count). The lowest BCUT2D eigenvalue weighted by molar-refractivity contribution is 0.0917. The monoisotopic (exact) mass is 487 g/mol. The molecule has 3 N–H and O–H groups in total. The predicted octanol–water partition coefficient (Wildman–Crippen LogP) is 3.23. The second kappa shape index (κ2) is 10.5. The zero-order valence-corrected chi connectivity index (χ0v) is 20.0. The van der Waals surface area contributed by atoms with Gasteiger partial charge in [-0.1, -0.05) is 38.1 Å². The molecule has 0 fully saturated rings. The normalized spacial score (nSPS) is 11.3. The Bertz CT molecular complexity index is 1470. The molecule has 0 unspecified atom stereocenters. The summed E-state index contributed by atoms with van der Waals surface area (Å²) in [6, 6.07) is 14.8. The van der Waals surface area contributed by atoms with Crippen molar-refractivity contribution in [1.29, 1.82) is 0 Å². The zero-order chi connectivity index (χ0) is 25.7. The first-order chi connectivity index (χ1) is 17.2. The van der Waals surface area contributed by atoms with Crippen molar-refractivity contribution in [3.05, 3.63) is 106 Å². The highest BCUT2D eigenvalue weighted by Crippen LogP contribution is 2.19. The Balaban J connectivity index is 1.42. The second-order valence-electron chi connectivity index (χ2n) is 9.31. The molecule has 0 saturated heterocycles.